The summed E-state index contributed by atoms with van der Waals surface area (Å²) < 4.78 is 11.4. The quantitative estimate of drug-likeness (QED) is 0.603. The molecule has 0 aromatic heterocycles. The molecule has 3 rings (SSSR count). The average Bonchev–Trinajstić information content (AvgIpc) is 2.67. The fourth-order valence-corrected chi connectivity index (χ4v) is 3.38. The lowest BCUT2D eigenvalue weighted by molar-refractivity contribution is -0.142. The molecule has 3 atom stereocenters. The predicted molar refractivity (Wildman–Crippen MR) is 71.4 cm³/mol. The topological polar surface area (TPSA) is 35.5 Å². The number of benzene rings is 1. The van der Waals surface area contributed by atoms with Gasteiger partial charge in [0.25, 0.3) is 0 Å². The van der Waals surface area contributed by atoms with E-state index in [0.29, 0.717) is 43.9 Å². The van der Waals surface area contributed by atoms with Crippen LogP contribution in [0.2, 0.25) is 0 Å². The predicted octanol–water partition coefficient (Wildman–Crippen LogP) is 2.94. The van der Waals surface area contributed by atoms with Crippen LogP contribution in [0.15, 0.2) is 30.3 Å². The van der Waals surface area contributed by atoms with Gasteiger partial charge in [-0.2, -0.15) is 0 Å². The Bertz CT molecular complexity index is 413. The Morgan fingerprint density at radius 1 is 1.05 bits per heavy atom. The molecule has 0 amide bonds. The second kappa shape index (κ2) is 5.85. The number of hydrogen-bond acceptors (Lipinski definition) is 3. The van der Waals surface area contributed by atoms with Crippen LogP contribution in [-0.4, -0.2) is 18.7 Å². The molecule has 0 saturated heterocycles. The fourth-order valence-electron chi connectivity index (χ4n) is 3.38. The molecule has 0 N–H and O–H groups in total. The lowest BCUT2D eigenvalue weighted by Crippen LogP contribution is -2.33. The maximum Gasteiger partial charge on any atom is 0.147 e. The first-order valence-corrected chi connectivity index (χ1v) is 7.08. The number of rotatable bonds is 5. The monoisotopic (exact) mass is 260 g/mol. The molecule has 2 bridgehead atoms. The van der Waals surface area contributed by atoms with Gasteiger partial charge < -0.3 is 9.47 Å². The minimum atomic E-state index is 0.244. The highest BCUT2D eigenvalue weighted by Crippen LogP contribution is 2.42. The van der Waals surface area contributed by atoms with E-state index in [1.54, 1.807) is 0 Å². The summed E-state index contributed by atoms with van der Waals surface area (Å²) in [5, 5.41) is 0. The smallest absolute Gasteiger partial charge is 0.147 e. The molecule has 0 aliphatic heterocycles. The first kappa shape index (κ1) is 12.8. The van der Waals surface area contributed by atoms with Crippen molar-refractivity contribution >= 4 is 5.78 Å². The van der Waals surface area contributed by atoms with Crippen LogP contribution in [0.4, 0.5) is 0 Å². The van der Waals surface area contributed by atoms with Crippen molar-refractivity contribution in [1.29, 1.82) is 0 Å². The van der Waals surface area contributed by atoms with Gasteiger partial charge in [-0.1, -0.05) is 30.3 Å². The van der Waals surface area contributed by atoms with E-state index in [0.717, 1.165) is 18.4 Å². The average molecular weight is 260 g/mol. The molecule has 0 spiro atoms. The molecule has 1 aromatic rings. The van der Waals surface area contributed by atoms with Gasteiger partial charge in [-0.15, -0.1) is 0 Å². The van der Waals surface area contributed by atoms with Gasteiger partial charge in [-0.3, -0.25) is 4.79 Å². The van der Waals surface area contributed by atoms with Gasteiger partial charge in [0, 0.05) is 12.8 Å². The van der Waals surface area contributed by atoms with Crippen molar-refractivity contribution in [2.24, 2.45) is 11.8 Å². The van der Waals surface area contributed by atoms with E-state index in [1.165, 1.54) is 0 Å². The molecule has 0 heterocycles. The number of ether oxygens (including phenoxy) is 2. The van der Waals surface area contributed by atoms with E-state index < -0.39 is 0 Å². The van der Waals surface area contributed by atoms with Crippen LogP contribution in [0.25, 0.3) is 0 Å². The van der Waals surface area contributed by atoms with Gasteiger partial charge in [-0.25, -0.2) is 0 Å². The number of Topliss-reactive ketones (excluding diaryl/α,β-unsaturated/α-hetero) is 1. The van der Waals surface area contributed by atoms with Crippen LogP contribution >= 0.6 is 0 Å². The Morgan fingerprint density at radius 3 is 2.42 bits per heavy atom. The summed E-state index contributed by atoms with van der Waals surface area (Å²) in [7, 11) is 0. The highest BCUT2D eigenvalue weighted by Gasteiger charge is 2.42. The molecule has 0 radical (unpaired) electrons. The zero-order valence-corrected chi connectivity index (χ0v) is 11.1. The van der Waals surface area contributed by atoms with Gasteiger partial charge in [0.15, 0.2) is 0 Å². The molecule has 1 aromatic carbocycles. The molecule has 2 saturated carbocycles. The molecule has 2 aliphatic rings. The van der Waals surface area contributed by atoms with E-state index in [1.807, 2.05) is 30.3 Å². The minimum Gasteiger partial charge on any atom is -0.352 e. The normalized spacial score (nSPS) is 29.7. The second-order valence-electron chi connectivity index (χ2n) is 5.63. The Hall–Kier alpha value is -1.19. The third-order valence-electron chi connectivity index (χ3n) is 4.27. The van der Waals surface area contributed by atoms with E-state index in [9.17, 15) is 4.79 Å². The molecular weight excluding hydrogens is 240 g/mol. The summed E-state index contributed by atoms with van der Waals surface area (Å²) >= 11 is 0. The first-order chi connectivity index (χ1) is 9.33. The van der Waals surface area contributed by atoms with Crippen LogP contribution in [-0.2, 0) is 20.9 Å². The Kier molecular flexibility index (Phi) is 3.95. The van der Waals surface area contributed by atoms with Gasteiger partial charge in [0.05, 0.1) is 12.7 Å². The summed E-state index contributed by atoms with van der Waals surface area (Å²) in [6.45, 7) is 0.919. The molecule has 3 nitrogen and oxygen atoms in total. The number of carbonyl (C=O) groups excluding carboxylic acids is 1. The van der Waals surface area contributed by atoms with Crippen molar-refractivity contribution in [3.63, 3.8) is 0 Å². The highest BCUT2D eigenvalue weighted by atomic mass is 16.7. The van der Waals surface area contributed by atoms with Crippen molar-refractivity contribution in [2.75, 3.05) is 6.79 Å². The summed E-state index contributed by atoms with van der Waals surface area (Å²) in [6, 6.07) is 10.1. The lowest BCUT2D eigenvalue weighted by Gasteiger charge is -2.29. The van der Waals surface area contributed by atoms with Crippen molar-refractivity contribution < 1.29 is 14.3 Å². The Morgan fingerprint density at radius 2 is 1.74 bits per heavy atom. The zero-order valence-electron chi connectivity index (χ0n) is 11.1. The first-order valence-electron chi connectivity index (χ1n) is 7.08. The van der Waals surface area contributed by atoms with Gasteiger partial charge in [0.1, 0.15) is 12.6 Å². The van der Waals surface area contributed by atoms with Crippen LogP contribution in [0.5, 0.6) is 0 Å². The van der Waals surface area contributed by atoms with Gasteiger partial charge in [-0.05, 0) is 30.2 Å². The molecule has 0 unspecified atom stereocenters. The summed E-state index contributed by atoms with van der Waals surface area (Å²) in [5.41, 5.74) is 1.16. The number of ketones is 1. The summed E-state index contributed by atoms with van der Waals surface area (Å²) in [6.07, 6.45) is 3.94. The van der Waals surface area contributed by atoms with E-state index in [2.05, 4.69) is 0 Å². The van der Waals surface area contributed by atoms with Gasteiger partial charge in [0.2, 0.25) is 0 Å². The third-order valence-corrected chi connectivity index (χ3v) is 4.27. The number of fused-ring (bicyclic) bond motifs is 2. The Balaban J connectivity index is 1.42. The number of carbonyl (C=O) groups is 1. The lowest BCUT2D eigenvalue weighted by atomic mass is 9.85. The van der Waals surface area contributed by atoms with Crippen molar-refractivity contribution in [1.82, 2.24) is 0 Å². The van der Waals surface area contributed by atoms with E-state index >= 15 is 0 Å². The summed E-state index contributed by atoms with van der Waals surface area (Å²) in [5.74, 6) is 1.29. The SMILES string of the molecule is O=C1C[C@H]2CC[C@@H](C1)[C@@H]2OCOCc1ccccc1. The molecular formula is C16H20O3. The molecule has 2 aliphatic carbocycles. The van der Waals surface area contributed by atoms with Crippen molar-refractivity contribution in [2.45, 2.75) is 38.4 Å². The third kappa shape index (κ3) is 3.04. The van der Waals surface area contributed by atoms with Crippen LogP contribution in [0, 0.1) is 11.8 Å². The van der Waals surface area contributed by atoms with Crippen molar-refractivity contribution in [3.8, 4) is 0 Å². The maximum absolute atomic E-state index is 11.5. The van der Waals surface area contributed by atoms with Gasteiger partial charge >= 0.3 is 0 Å². The highest BCUT2D eigenvalue weighted by molar-refractivity contribution is 5.80. The van der Waals surface area contributed by atoms with Crippen LogP contribution in [0.1, 0.15) is 31.2 Å². The largest absolute Gasteiger partial charge is 0.352 e. The van der Waals surface area contributed by atoms with E-state index in [-0.39, 0.29) is 6.10 Å². The molecule has 2 fully saturated rings. The van der Waals surface area contributed by atoms with E-state index in [4.69, 9.17) is 9.47 Å². The number of hydrogen-bond donors (Lipinski definition) is 0. The fraction of sp³-hybridized carbons (Fsp3) is 0.562. The summed E-state index contributed by atoms with van der Waals surface area (Å²) in [4.78, 5) is 11.5. The molecule has 19 heavy (non-hydrogen) atoms. The standard InChI is InChI=1S/C16H20O3/c17-15-8-13-6-7-14(9-15)16(13)19-11-18-10-12-4-2-1-3-5-12/h1-5,13-14,16H,6-11H2/t13-,14+,16-. The van der Waals surface area contributed by atoms with Crippen LogP contribution in [0.3, 0.4) is 0 Å². The van der Waals surface area contributed by atoms with Crippen LogP contribution < -0.4 is 0 Å². The second-order valence-corrected chi connectivity index (χ2v) is 5.63. The minimum absolute atomic E-state index is 0.244. The van der Waals surface area contributed by atoms with Crippen molar-refractivity contribution in [3.05, 3.63) is 35.9 Å². The zero-order chi connectivity index (χ0) is 13.1. The maximum atomic E-state index is 11.5. The Labute approximate surface area is 113 Å². The molecule has 102 valence electrons. The molecule has 3 heteroatoms.